The molecule has 0 bridgehead atoms. The molecule has 0 unspecified atom stereocenters. The first-order valence-corrected chi connectivity index (χ1v) is 11.4. The molecular weight excluding hydrogens is 394 g/mol. The van der Waals surface area contributed by atoms with Crippen molar-refractivity contribution in [1.82, 2.24) is 15.0 Å². The van der Waals surface area contributed by atoms with E-state index in [2.05, 4.69) is 72.9 Å². The number of fused-ring (bicyclic) bond motifs is 1. The van der Waals surface area contributed by atoms with Gasteiger partial charge in [0.05, 0.1) is 22.3 Å². The van der Waals surface area contributed by atoms with Gasteiger partial charge in [0, 0.05) is 37.1 Å². The van der Waals surface area contributed by atoms with Crippen LogP contribution in [0.5, 0.6) is 0 Å². The van der Waals surface area contributed by atoms with Gasteiger partial charge in [-0.3, -0.25) is 4.98 Å². The van der Waals surface area contributed by atoms with E-state index >= 15 is 0 Å². The van der Waals surface area contributed by atoms with Crippen LogP contribution in [0.2, 0.25) is 0 Å². The van der Waals surface area contributed by atoms with Gasteiger partial charge in [-0.1, -0.05) is 35.4 Å². The van der Waals surface area contributed by atoms with Crippen molar-refractivity contribution < 1.29 is 0 Å². The number of nitrogens with zero attached hydrogens (tertiary/aromatic N) is 3. The molecule has 0 amide bonds. The lowest BCUT2D eigenvalue weighted by Gasteiger charge is -2.34. The number of aromatic amines is 1. The summed E-state index contributed by atoms with van der Waals surface area (Å²) < 4.78 is 0. The molecule has 0 radical (unpaired) electrons. The average Bonchev–Trinajstić information content (AvgIpc) is 3.17. The molecule has 0 atom stereocenters. The van der Waals surface area contributed by atoms with Crippen molar-refractivity contribution in [3.63, 3.8) is 0 Å². The fourth-order valence-electron chi connectivity index (χ4n) is 5.03. The molecule has 2 aromatic carbocycles. The highest BCUT2D eigenvalue weighted by Crippen LogP contribution is 2.40. The number of nitrogens with one attached hydrogen (secondary N) is 1. The zero-order valence-corrected chi connectivity index (χ0v) is 19.4. The van der Waals surface area contributed by atoms with Gasteiger partial charge < -0.3 is 15.6 Å². The van der Waals surface area contributed by atoms with Crippen LogP contribution in [0.4, 0.5) is 5.69 Å². The van der Waals surface area contributed by atoms with Crippen molar-refractivity contribution in [3.05, 3.63) is 65.0 Å². The minimum Gasteiger partial charge on any atom is -0.370 e. The second kappa shape index (κ2) is 8.06. The van der Waals surface area contributed by atoms with Crippen molar-refractivity contribution in [2.24, 2.45) is 5.73 Å². The van der Waals surface area contributed by atoms with E-state index in [0.29, 0.717) is 0 Å². The molecule has 0 saturated carbocycles. The SMILES string of the molecule is Cc1cc(C)cc(-c2cncc(-c3nc4c(C)cc(C)cc4[nH]3)c2N2CCC(N)CC2)c1. The number of piperidine rings is 1. The molecule has 5 rings (SSSR count). The summed E-state index contributed by atoms with van der Waals surface area (Å²) in [6, 6.07) is 11.3. The molecule has 4 aromatic rings. The molecule has 1 aliphatic heterocycles. The second-order valence-corrected chi connectivity index (χ2v) is 9.35. The maximum absolute atomic E-state index is 6.24. The Kier molecular flexibility index (Phi) is 5.22. The molecule has 0 spiro atoms. The molecule has 1 aliphatic rings. The first kappa shape index (κ1) is 20.7. The number of pyridine rings is 1. The zero-order valence-electron chi connectivity index (χ0n) is 19.4. The molecule has 3 N–H and O–H groups in total. The standard InChI is InChI=1S/C27H31N5/c1-16-9-17(2)12-20(11-16)22-14-29-15-23(26(22)32-7-5-21(28)6-8-32)27-30-24-13-18(3)10-19(4)25(24)31-27/h9-15,21H,5-8,28H2,1-4H3,(H,30,31). The monoisotopic (exact) mass is 425 g/mol. The predicted octanol–water partition coefficient (Wildman–Crippen LogP) is 5.45. The van der Waals surface area contributed by atoms with Gasteiger partial charge in [0.15, 0.2) is 0 Å². The maximum Gasteiger partial charge on any atom is 0.142 e. The van der Waals surface area contributed by atoms with Gasteiger partial charge in [-0.05, 0) is 63.3 Å². The van der Waals surface area contributed by atoms with E-state index in [0.717, 1.165) is 53.9 Å². The summed E-state index contributed by atoms with van der Waals surface area (Å²) in [7, 11) is 0. The summed E-state index contributed by atoms with van der Waals surface area (Å²) in [4.78, 5) is 15.7. The van der Waals surface area contributed by atoms with E-state index in [1.165, 1.54) is 33.5 Å². The van der Waals surface area contributed by atoms with Crippen molar-refractivity contribution in [2.75, 3.05) is 18.0 Å². The first-order chi connectivity index (χ1) is 15.4. The van der Waals surface area contributed by atoms with Crippen LogP contribution in [0.25, 0.3) is 33.5 Å². The average molecular weight is 426 g/mol. The van der Waals surface area contributed by atoms with Crippen molar-refractivity contribution in [1.29, 1.82) is 0 Å². The third-order valence-corrected chi connectivity index (χ3v) is 6.48. The smallest absolute Gasteiger partial charge is 0.142 e. The summed E-state index contributed by atoms with van der Waals surface area (Å²) in [6.45, 7) is 10.4. The third-order valence-electron chi connectivity index (χ3n) is 6.48. The highest BCUT2D eigenvalue weighted by molar-refractivity contribution is 5.91. The number of aryl methyl sites for hydroxylation is 4. The number of benzene rings is 2. The lowest BCUT2D eigenvalue weighted by molar-refractivity contribution is 0.501. The molecule has 2 aromatic heterocycles. The van der Waals surface area contributed by atoms with Gasteiger partial charge in [-0.2, -0.15) is 0 Å². The molecule has 5 heteroatoms. The van der Waals surface area contributed by atoms with Crippen LogP contribution in [0.15, 0.2) is 42.7 Å². The highest BCUT2D eigenvalue weighted by Gasteiger charge is 2.24. The Morgan fingerprint density at radius 3 is 2.25 bits per heavy atom. The summed E-state index contributed by atoms with van der Waals surface area (Å²) >= 11 is 0. The Morgan fingerprint density at radius 1 is 0.875 bits per heavy atom. The number of anilines is 1. The molecule has 164 valence electrons. The lowest BCUT2D eigenvalue weighted by atomic mass is 9.96. The van der Waals surface area contributed by atoms with Crippen LogP contribution in [0, 0.1) is 27.7 Å². The van der Waals surface area contributed by atoms with E-state index in [-0.39, 0.29) is 6.04 Å². The number of hydrogen-bond acceptors (Lipinski definition) is 4. The molecule has 32 heavy (non-hydrogen) atoms. The van der Waals surface area contributed by atoms with Gasteiger partial charge in [-0.25, -0.2) is 4.98 Å². The molecule has 3 heterocycles. The minimum absolute atomic E-state index is 0.276. The van der Waals surface area contributed by atoms with E-state index in [9.17, 15) is 0 Å². The Morgan fingerprint density at radius 2 is 1.53 bits per heavy atom. The molecular formula is C27H31N5. The van der Waals surface area contributed by atoms with Crippen molar-refractivity contribution in [3.8, 4) is 22.5 Å². The number of hydrogen-bond donors (Lipinski definition) is 2. The van der Waals surface area contributed by atoms with E-state index in [1.807, 2.05) is 12.4 Å². The quantitative estimate of drug-likeness (QED) is 0.458. The number of imidazole rings is 1. The Labute approximate surface area is 189 Å². The molecule has 1 saturated heterocycles. The number of aromatic nitrogens is 3. The number of nitrogens with two attached hydrogens (primary N) is 1. The normalized spacial score (nSPS) is 15.0. The maximum atomic E-state index is 6.24. The van der Waals surface area contributed by atoms with Gasteiger partial charge >= 0.3 is 0 Å². The summed E-state index contributed by atoms with van der Waals surface area (Å²) in [5.41, 5.74) is 17.9. The van der Waals surface area contributed by atoms with Crippen LogP contribution >= 0.6 is 0 Å². The van der Waals surface area contributed by atoms with Crippen LogP contribution in [0.1, 0.15) is 35.1 Å². The van der Waals surface area contributed by atoms with Crippen LogP contribution < -0.4 is 10.6 Å². The minimum atomic E-state index is 0.276. The first-order valence-electron chi connectivity index (χ1n) is 11.4. The predicted molar refractivity (Wildman–Crippen MR) is 133 cm³/mol. The van der Waals surface area contributed by atoms with Crippen LogP contribution in [0.3, 0.4) is 0 Å². The van der Waals surface area contributed by atoms with E-state index < -0.39 is 0 Å². The fourth-order valence-corrected chi connectivity index (χ4v) is 5.03. The summed E-state index contributed by atoms with van der Waals surface area (Å²) in [6.07, 6.45) is 5.94. The summed E-state index contributed by atoms with van der Waals surface area (Å²) in [5, 5.41) is 0. The second-order valence-electron chi connectivity index (χ2n) is 9.35. The Bertz CT molecular complexity index is 1270. The van der Waals surface area contributed by atoms with Gasteiger partial charge in [0.25, 0.3) is 0 Å². The van der Waals surface area contributed by atoms with Gasteiger partial charge in [0.1, 0.15) is 5.82 Å². The van der Waals surface area contributed by atoms with Crippen LogP contribution in [-0.4, -0.2) is 34.1 Å². The zero-order chi connectivity index (χ0) is 22.4. The topological polar surface area (TPSA) is 70.8 Å². The van der Waals surface area contributed by atoms with Gasteiger partial charge in [-0.15, -0.1) is 0 Å². The largest absolute Gasteiger partial charge is 0.370 e. The third kappa shape index (κ3) is 3.78. The van der Waals surface area contributed by atoms with Gasteiger partial charge in [0.2, 0.25) is 0 Å². The van der Waals surface area contributed by atoms with Crippen LogP contribution in [-0.2, 0) is 0 Å². The van der Waals surface area contributed by atoms with Crippen molar-refractivity contribution >= 4 is 16.7 Å². The fraction of sp³-hybridized carbons (Fsp3) is 0.333. The molecule has 5 nitrogen and oxygen atoms in total. The number of rotatable bonds is 3. The number of H-pyrrole nitrogens is 1. The lowest BCUT2D eigenvalue weighted by Crippen LogP contribution is -2.40. The van der Waals surface area contributed by atoms with Crippen molar-refractivity contribution in [2.45, 2.75) is 46.6 Å². The Hall–Kier alpha value is -3.18. The summed E-state index contributed by atoms with van der Waals surface area (Å²) in [5.74, 6) is 0.872. The molecule has 1 fully saturated rings. The Balaban J connectivity index is 1.73. The van der Waals surface area contributed by atoms with E-state index in [1.54, 1.807) is 0 Å². The molecule has 0 aliphatic carbocycles. The van der Waals surface area contributed by atoms with E-state index in [4.69, 9.17) is 10.7 Å². The highest BCUT2D eigenvalue weighted by atomic mass is 15.2.